The lowest BCUT2D eigenvalue weighted by atomic mass is 10.3. The molecule has 0 unspecified atom stereocenters. The van der Waals surface area contributed by atoms with Crippen molar-refractivity contribution in [1.29, 1.82) is 0 Å². The van der Waals surface area contributed by atoms with Gasteiger partial charge in [0.05, 0.1) is 18.4 Å². The Hall–Kier alpha value is -2.38. The van der Waals surface area contributed by atoms with Crippen LogP contribution >= 0.6 is 0 Å². The van der Waals surface area contributed by atoms with Crippen LogP contribution in [-0.4, -0.2) is 28.2 Å². The number of anilines is 1. The highest BCUT2D eigenvalue weighted by Gasteiger charge is 2.32. The molecular weight excluding hydrogens is 275 g/mol. The molecule has 0 aromatic carbocycles. The molecule has 0 radical (unpaired) electrons. The second kappa shape index (κ2) is 4.95. The maximum absolute atomic E-state index is 12.3. The zero-order valence-electron chi connectivity index (χ0n) is 10.4. The minimum Gasteiger partial charge on any atom is -0.356 e. The predicted octanol–water partition coefficient (Wildman–Crippen LogP) is 1.78. The maximum Gasteiger partial charge on any atom is 0.433 e. The minimum absolute atomic E-state index is 0.0647. The van der Waals surface area contributed by atoms with Crippen LogP contribution in [0.5, 0.6) is 0 Å². The number of pyridine rings is 1. The van der Waals surface area contributed by atoms with Gasteiger partial charge in [0.15, 0.2) is 0 Å². The normalized spacial score (nSPS) is 15.3. The van der Waals surface area contributed by atoms with E-state index in [-0.39, 0.29) is 6.54 Å². The van der Waals surface area contributed by atoms with E-state index in [0.717, 1.165) is 17.2 Å². The summed E-state index contributed by atoms with van der Waals surface area (Å²) in [7, 11) is 0. The van der Waals surface area contributed by atoms with Gasteiger partial charge in [-0.15, -0.1) is 0 Å². The van der Waals surface area contributed by atoms with Crippen LogP contribution < -0.4 is 5.32 Å². The summed E-state index contributed by atoms with van der Waals surface area (Å²) >= 11 is 0. The molecule has 2 rings (SSSR count). The highest BCUT2D eigenvalue weighted by molar-refractivity contribution is 6.03. The van der Waals surface area contributed by atoms with Gasteiger partial charge < -0.3 is 5.32 Å². The molecule has 1 aliphatic heterocycles. The zero-order valence-corrected chi connectivity index (χ0v) is 10.4. The Labute approximate surface area is 112 Å². The summed E-state index contributed by atoms with van der Waals surface area (Å²) in [6, 6.07) is 2.04. The number of aromatic nitrogens is 1. The van der Waals surface area contributed by atoms with Crippen LogP contribution in [0.3, 0.4) is 0 Å². The molecule has 2 heterocycles. The molecule has 0 bridgehead atoms. The van der Waals surface area contributed by atoms with Crippen molar-refractivity contribution in [2.45, 2.75) is 13.1 Å². The number of alkyl halides is 3. The van der Waals surface area contributed by atoms with Crippen molar-refractivity contribution in [2.75, 3.05) is 11.9 Å². The van der Waals surface area contributed by atoms with Crippen molar-refractivity contribution in [3.05, 3.63) is 35.8 Å². The minimum atomic E-state index is -4.49. The molecule has 1 N–H and O–H groups in total. The van der Waals surface area contributed by atoms with Crippen molar-refractivity contribution < 1.29 is 22.8 Å². The largest absolute Gasteiger partial charge is 0.433 e. The van der Waals surface area contributed by atoms with Crippen LogP contribution in [0, 0.1) is 0 Å². The fraction of sp³-hybridized carbons (Fsp3) is 0.250. The molecule has 0 spiro atoms. The van der Waals surface area contributed by atoms with Gasteiger partial charge in [-0.25, -0.2) is 4.98 Å². The first kappa shape index (κ1) is 14.0. The first-order valence-corrected chi connectivity index (χ1v) is 5.60. The molecule has 20 heavy (non-hydrogen) atoms. The quantitative estimate of drug-likeness (QED) is 0.899. The Morgan fingerprint density at radius 3 is 2.55 bits per heavy atom. The Morgan fingerprint density at radius 2 is 2.10 bits per heavy atom. The molecule has 8 heteroatoms. The second-order valence-corrected chi connectivity index (χ2v) is 4.17. The van der Waals surface area contributed by atoms with Crippen LogP contribution in [-0.2, 0) is 15.8 Å². The van der Waals surface area contributed by atoms with Crippen LogP contribution in [0.2, 0.25) is 0 Å². The van der Waals surface area contributed by atoms with Crippen molar-refractivity contribution in [3.8, 4) is 0 Å². The number of imide groups is 1. The second-order valence-electron chi connectivity index (χ2n) is 4.17. The van der Waals surface area contributed by atoms with Gasteiger partial charge in [0.25, 0.3) is 5.91 Å². The predicted molar refractivity (Wildman–Crippen MR) is 63.3 cm³/mol. The monoisotopic (exact) mass is 285 g/mol. The standard InChI is InChI=1S/C12H10F3N3O2/c1-7(19)18-6-9(4-11(18)20)17-8-2-3-10(16-5-8)12(13,14)15/h2-5,17H,6H2,1H3. The van der Waals surface area contributed by atoms with Gasteiger partial charge in [-0.2, -0.15) is 13.2 Å². The van der Waals surface area contributed by atoms with Crippen LogP contribution in [0.25, 0.3) is 0 Å². The molecule has 0 saturated heterocycles. The van der Waals surface area contributed by atoms with Gasteiger partial charge in [-0.3, -0.25) is 14.5 Å². The Kier molecular flexibility index (Phi) is 3.47. The van der Waals surface area contributed by atoms with Gasteiger partial charge in [0.1, 0.15) is 5.69 Å². The van der Waals surface area contributed by atoms with Gasteiger partial charge >= 0.3 is 6.18 Å². The average Bonchev–Trinajstić information content (AvgIpc) is 2.70. The summed E-state index contributed by atoms with van der Waals surface area (Å²) in [6.45, 7) is 1.32. The third-order valence-electron chi connectivity index (χ3n) is 2.63. The lowest BCUT2D eigenvalue weighted by Crippen LogP contribution is -2.31. The highest BCUT2D eigenvalue weighted by Crippen LogP contribution is 2.28. The first-order valence-electron chi connectivity index (χ1n) is 5.60. The van der Waals surface area contributed by atoms with E-state index in [4.69, 9.17) is 0 Å². The molecular formula is C12H10F3N3O2. The number of rotatable bonds is 2. The van der Waals surface area contributed by atoms with E-state index in [1.54, 1.807) is 0 Å². The van der Waals surface area contributed by atoms with E-state index >= 15 is 0 Å². The molecule has 0 saturated carbocycles. The van der Waals surface area contributed by atoms with Gasteiger partial charge in [0.2, 0.25) is 5.91 Å². The van der Waals surface area contributed by atoms with Crippen molar-refractivity contribution in [1.82, 2.24) is 9.88 Å². The average molecular weight is 285 g/mol. The number of carbonyl (C=O) groups excluding carboxylic acids is 2. The summed E-state index contributed by atoms with van der Waals surface area (Å²) in [5.41, 5.74) is -0.265. The number of nitrogens with zero attached hydrogens (tertiary/aromatic N) is 2. The fourth-order valence-electron chi connectivity index (χ4n) is 1.68. The molecule has 2 amide bonds. The fourth-order valence-corrected chi connectivity index (χ4v) is 1.68. The highest BCUT2D eigenvalue weighted by atomic mass is 19.4. The number of hydrogen-bond donors (Lipinski definition) is 1. The van der Waals surface area contributed by atoms with Crippen LogP contribution in [0.4, 0.5) is 18.9 Å². The molecule has 0 fully saturated rings. The molecule has 0 atom stereocenters. The number of hydrogen-bond acceptors (Lipinski definition) is 4. The number of nitrogens with one attached hydrogen (secondary N) is 1. The van der Waals surface area contributed by atoms with E-state index in [2.05, 4.69) is 10.3 Å². The molecule has 1 aliphatic rings. The van der Waals surface area contributed by atoms with E-state index in [0.29, 0.717) is 11.4 Å². The molecule has 0 aliphatic carbocycles. The van der Waals surface area contributed by atoms with Crippen molar-refractivity contribution in [2.24, 2.45) is 0 Å². The number of carbonyl (C=O) groups is 2. The van der Waals surface area contributed by atoms with E-state index < -0.39 is 23.7 Å². The third-order valence-corrected chi connectivity index (χ3v) is 2.63. The Morgan fingerprint density at radius 1 is 1.40 bits per heavy atom. The zero-order chi connectivity index (χ0) is 14.9. The number of amides is 2. The lowest BCUT2D eigenvalue weighted by molar-refractivity contribution is -0.141. The molecule has 1 aromatic heterocycles. The van der Waals surface area contributed by atoms with Crippen molar-refractivity contribution >= 4 is 17.5 Å². The maximum atomic E-state index is 12.3. The SMILES string of the molecule is CC(=O)N1CC(Nc2ccc(C(F)(F)F)nc2)=CC1=O. The van der Waals surface area contributed by atoms with Gasteiger partial charge in [-0.1, -0.05) is 0 Å². The van der Waals surface area contributed by atoms with Crippen LogP contribution in [0.15, 0.2) is 30.1 Å². The smallest absolute Gasteiger partial charge is 0.356 e. The molecule has 106 valence electrons. The summed E-state index contributed by atoms with van der Waals surface area (Å²) in [5.74, 6) is -0.853. The summed E-state index contributed by atoms with van der Waals surface area (Å²) in [6.07, 6.45) is -2.25. The van der Waals surface area contributed by atoms with Gasteiger partial charge in [0, 0.05) is 18.7 Å². The molecule has 1 aromatic rings. The summed E-state index contributed by atoms with van der Waals surface area (Å²) in [5, 5.41) is 2.75. The topological polar surface area (TPSA) is 62.3 Å². The van der Waals surface area contributed by atoms with Gasteiger partial charge in [-0.05, 0) is 12.1 Å². The number of halogens is 3. The summed E-state index contributed by atoms with van der Waals surface area (Å²) < 4.78 is 37.0. The lowest BCUT2D eigenvalue weighted by Gasteiger charge is -2.12. The van der Waals surface area contributed by atoms with Crippen LogP contribution in [0.1, 0.15) is 12.6 Å². The molecule has 5 nitrogen and oxygen atoms in total. The van der Waals surface area contributed by atoms with E-state index in [1.807, 2.05) is 0 Å². The van der Waals surface area contributed by atoms with Crippen molar-refractivity contribution in [3.63, 3.8) is 0 Å². The van der Waals surface area contributed by atoms with E-state index in [9.17, 15) is 22.8 Å². The third kappa shape index (κ3) is 2.95. The first-order chi connectivity index (χ1) is 9.27. The summed E-state index contributed by atoms with van der Waals surface area (Å²) in [4.78, 5) is 26.8. The Bertz CT molecular complexity index is 579. The Balaban J connectivity index is 2.07. The van der Waals surface area contributed by atoms with E-state index in [1.165, 1.54) is 19.1 Å².